The van der Waals surface area contributed by atoms with Gasteiger partial charge in [0.15, 0.2) is 0 Å². The normalized spacial score (nSPS) is 8.47. The molecule has 0 fully saturated rings. The van der Waals surface area contributed by atoms with Gasteiger partial charge in [0, 0.05) is 24.9 Å². The van der Waals surface area contributed by atoms with Crippen molar-refractivity contribution in [1.29, 1.82) is 0 Å². The van der Waals surface area contributed by atoms with Crippen molar-refractivity contribution >= 4 is 0 Å². The Balaban J connectivity index is 0. The van der Waals surface area contributed by atoms with E-state index < -0.39 is 0 Å². The first-order chi connectivity index (χ1) is 7.29. The highest BCUT2D eigenvalue weighted by Crippen LogP contribution is 2.05. The number of rotatable bonds is 3. The smallest absolute Gasteiger partial charge is 0.108 e. The van der Waals surface area contributed by atoms with E-state index in [0.717, 1.165) is 13.0 Å². The molecule has 0 atom stereocenters. The molecule has 1 aromatic heterocycles. The molecule has 0 amide bonds. The third kappa shape index (κ3) is 5.60. The van der Waals surface area contributed by atoms with Gasteiger partial charge >= 0.3 is 0 Å². The topological polar surface area (TPSA) is 17.8 Å². The predicted molar refractivity (Wildman–Crippen MR) is 69.3 cm³/mol. The van der Waals surface area contributed by atoms with E-state index in [2.05, 4.69) is 30.3 Å². The maximum atomic E-state index is 4.32. The summed E-state index contributed by atoms with van der Waals surface area (Å²) in [6, 6.07) is 0. The Hall–Kier alpha value is -0.790. The number of nitrogens with zero attached hydrogens (tertiary/aromatic N) is 2. The molecule has 1 rings (SSSR count). The quantitative estimate of drug-likeness (QED) is 0.733. The Labute approximate surface area is 95.7 Å². The molecule has 1 heterocycles. The van der Waals surface area contributed by atoms with E-state index in [9.17, 15) is 0 Å². The minimum atomic E-state index is 1.04. The zero-order chi connectivity index (χ0) is 12.3. The van der Waals surface area contributed by atoms with Gasteiger partial charge in [-0.2, -0.15) is 0 Å². The van der Waals surface area contributed by atoms with Crippen LogP contribution in [0.2, 0.25) is 0 Å². The molecular weight excluding hydrogens is 184 g/mol. The Morgan fingerprint density at radius 1 is 1.13 bits per heavy atom. The Kier molecular flexibility index (Phi) is 12.5. The van der Waals surface area contributed by atoms with Crippen molar-refractivity contribution in [2.24, 2.45) is 0 Å². The van der Waals surface area contributed by atoms with Crippen LogP contribution in [-0.4, -0.2) is 9.55 Å². The molecular formula is C13H28N2. The lowest BCUT2D eigenvalue weighted by atomic mass is 10.4. The fourth-order valence-corrected chi connectivity index (χ4v) is 1.32. The van der Waals surface area contributed by atoms with Crippen molar-refractivity contribution in [3.63, 3.8) is 0 Å². The van der Waals surface area contributed by atoms with Crippen LogP contribution in [0.25, 0.3) is 0 Å². The average Bonchev–Trinajstić information content (AvgIpc) is 2.66. The summed E-state index contributed by atoms with van der Waals surface area (Å²) in [7, 11) is 0. The molecule has 15 heavy (non-hydrogen) atoms. The molecule has 0 radical (unpaired) electrons. The highest BCUT2D eigenvalue weighted by Gasteiger charge is 2.01. The lowest BCUT2D eigenvalue weighted by Gasteiger charge is -2.05. The molecule has 0 bridgehead atoms. The first-order valence-corrected chi connectivity index (χ1v) is 6.30. The van der Waals surface area contributed by atoms with Gasteiger partial charge < -0.3 is 4.57 Å². The van der Waals surface area contributed by atoms with E-state index in [-0.39, 0.29) is 0 Å². The largest absolute Gasteiger partial charge is 0.332 e. The predicted octanol–water partition coefficient (Wildman–Crippen LogP) is 4.22. The first kappa shape index (κ1) is 16.6. The van der Waals surface area contributed by atoms with Crippen LogP contribution >= 0.6 is 0 Å². The van der Waals surface area contributed by atoms with Crippen LogP contribution in [0.15, 0.2) is 6.20 Å². The van der Waals surface area contributed by atoms with E-state index in [1.54, 1.807) is 0 Å². The van der Waals surface area contributed by atoms with Crippen LogP contribution in [0.4, 0.5) is 0 Å². The van der Waals surface area contributed by atoms with Crippen molar-refractivity contribution in [2.45, 2.75) is 67.9 Å². The van der Waals surface area contributed by atoms with E-state index >= 15 is 0 Å². The summed E-state index contributed by atoms with van der Waals surface area (Å²) in [6.07, 6.45) is 4.17. The third-order valence-electron chi connectivity index (χ3n) is 1.90. The SMILES string of the molecule is CC.CC.CCCn1c(C)cnc1CC. The van der Waals surface area contributed by atoms with Gasteiger partial charge in [0.05, 0.1) is 0 Å². The van der Waals surface area contributed by atoms with Crippen molar-refractivity contribution in [3.8, 4) is 0 Å². The maximum absolute atomic E-state index is 4.32. The molecule has 2 nitrogen and oxygen atoms in total. The van der Waals surface area contributed by atoms with Crippen LogP contribution in [0.3, 0.4) is 0 Å². The van der Waals surface area contributed by atoms with Gasteiger partial charge in [-0.05, 0) is 13.3 Å². The first-order valence-electron chi connectivity index (χ1n) is 6.30. The molecule has 0 spiro atoms. The third-order valence-corrected chi connectivity index (χ3v) is 1.90. The molecule has 2 heteroatoms. The summed E-state index contributed by atoms with van der Waals surface area (Å²) < 4.78 is 2.29. The molecule has 0 aliphatic carbocycles. The standard InChI is InChI=1S/C9H16N2.2C2H6/c1-4-6-11-8(3)7-10-9(11)5-2;2*1-2/h7H,4-6H2,1-3H3;2*1-2H3. The zero-order valence-electron chi connectivity index (χ0n) is 11.6. The second kappa shape index (κ2) is 11.3. The second-order valence-corrected chi connectivity index (χ2v) is 2.82. The number of aromatic nitrogens is 2. The zero-order valence-corrected chi connectivity index (χ0v) is 11.6. The molecule has 0 N–H and O–H groups in total. The van der Waals surface area contributed by atoms with Gasteiger partial charge in [0.2, 0.25) is 0 Å². The summed E-state index contributed by atoms with van der Waals surface area (Å²) in [4.78, 5) is 4.32. The Morgan fingerprint density at radius 2 is 1.67 bits per heavy atom. The summed E-state index contributed by atoms with van der Waals surface area (Å²) in [6.45, 7) is 15.6. The van der Waals surface area contributed by atoms with Crippen molar-refractivity contribution in [3.05, 3.63) is 17.7 Å². The summed E-state index contributed by atoms with van der Waals surface area (Å²) in [5.41, 5.74) is 1.28. The fourth-order valence-electron chi connectivity index (χ4n) is 1.32. The minimum absolute atomic E-state index is 1.04. The monoisotopic (exact) mass is 212 g/mol. The highest BCUT2D eigenvalue weighted by molar-refractivity contribution is 5.02. The molecule has 0 saturated carbocycles. The number of hydrogen-bond acceptors (Lipinski definition) is 1. The fraction of sp³-hybridized carbons (Fsp3) is 0.769. The van der Waals surface area contributed by atoms with Gasteiger partial charge in [0.1, 0.15) is 5.82 Å². The van der Waals surface area contributed by atoms with E-state index in [4.69, 9.17) is 0 Å². The Morgan fingerprint density at radius 3 is 2.07 bits per heavy atom. The van der Waals surface area contributed by atoms with Gasteiger partial charge in [-0.15, -0.1) is 0 Å². The molecule has 0 aliphatic rings. The van der Waals surface area contributed by atoms with Gasteiger partial charge in [-0.3, -0.25) is 0 Å². The molecule has 0 saturated heterocycles. The second-order valence-electron chi connectivity index (χ2n) is 2.82. The minimum Gasteiger partial charge on any atom is -0.332 e. The van der Waals surface area contributed by atoms with Crippen LogP contribution in [0.5, 0.6) is 0 Å². The summed E-state index contributed by atoms with van der Waals surface area (Å²) in [5.74, 6) is 1.21. The van der Waals surface area contributed by atoms with E-state index in [0.29, 0.717) is 0 Å². The van der Waals surface area contributed by atoms with Gasteiger partial charge in [-0.25, -0.2) is 4.98 Å². The van der Waals surface area contributed by atoms with Crippen LogP contribution < -0.4 is 0 Å². The van der Waals surface area contributed by atoms with Crippen LogP contribution in [0, 0.1) is 6.92 Å². The van der Waals surface area contributed by atoms with Crippen LogP contribution in [-0.2, 0) is 13.0 Å². The maximum Gasteiger partial charge on any atom is 0.108 e. The van der Waals surface area contributed by atoms with Crippen molar-refractivity contribution < 1.29 is 0 Å². The summed E-state index contributed by atoms with van der Waals surface area (Å²) in [5, 5.41) is 0. The van der Waals surface area contributed by atoms with E-state index in [1.165, 1.54) is 17.9 Å². The average molecular weight is 212 g/mol. The number of imidazole rings is 1. The number of hydrogen-bond donors (Lipinski definition) is 0. The molecule has 1 aromatic rings. The number of aryl methyl sites for hydroxylation is 2. The highest BCUT2D eigenvalue weighted by atomic mass is 15.1. The van der Waals surface area contributed by atoms with Gasteiger partial charge in [-0.1, -0.05) is 41.5 Å². The lowest BCUT2D eigenvalue weighted by molar-refractivity contribution is 0.628. The molecule has 0 unspecified atom stereocenters. The van der Waals surface area contributed by atoms with Gasteiger partial charge in [0.25, 0.3) is 0 Å². The lowest BCUT2D eigenvalue weighted by Crippen LogP contribution is -2.03. The Bertz CT molecular complexity index is 226. The van der Waals surface area contributed by atoms with Crippen molar-refractivity contribution in [1.82, 2.24) is 9.55 Å². The molecule has 90 valence electrons. The molecule has 0 aromatic carbocycles. The van der Waals surface area contributed by atoms with E-state index in [1.807, 2.05) is 33.9 Å². The van der Waals surface area contributed by atoms with Crippen LogP contribution in [0.1, 0.15) is 59.5 Å². The van der Waals surface area contributed by atoms with Crippen molar-refractivity contribution in [2.75, 3.05) is 0 Å². The molecule has 0 aliphatic heterocycles. The summed E-state index contributed by atoms with van der Waals surface area (Å²) >= 11 is 0.